The highest BCUT2D eigenvalue weighted by molar-refractivity contribution is 6.11. The molecule has 0 fully saturated rings. The summed E-state index contributed by atoms with van der Waals surface area (Å²) in [5.74, 6) is 0. The SMILES string of the molecule is O=c1nc(-c2ccccc2)c2c(ccc3ccccc32)[nH]1. The first-order valence-corrected chi connectivity index (χ1v) is 6.80. The predicted molar refractivity (Wildman–Crippen MR) is 85.3 cm³/mol. The minimum atomic E-state index is -0.323. The van der Waals surface area contributed by atoms with Gasteiger partial charge in [-0.25, -0.2) is 4.79 Å². The van der Waals surface area contributed by atoms with Gasteiger partial charge in [0.2, 0.25) is 0 Å². The molecule has 3 heteroatoms. The Kier molecular flexibility index (Phi) is 2.57. The zero-order valence-electron chi connectivity index (χ0n) is 11.2. The lowest BCUT2D eigenvalue weighted by Gasteiger charge is -2.08. The van der Waals surface area contributed by atoms with Gasteiger partial charge in [-0.2, -0.15) is 4.98 Å². The van der Waals surface area contributed by atoms with Crippen LogP contribution < -0.4 is 5.69 Å². The van der Waals surface area contributed by atoms with Crippen LogP contribution in [0.15, 0.2) is 71.5 Å². The topological polar surface area (TPSA) is 45.8 Å². The van der Waals surface area contributed by atoms with E-state index in [-0.39, 0.29) is 5.69 Å². The molecule has 1 heterocycles. The minimum absolute atomic E-state index is 0.323. The van der Waals surface area contributed by atoms with Crippen molar-refractivity contribution in [2.24, 2.45) is 0 Å². The van der Waals surface area contributed by atoms with Gasteiger partial charge in [0.05, 0.1) is 11.2 Å². The lowest BCUT2D eigenvalue weighted by molar-refractivity contribution is 1.13. The van der Waals surface area contributed by atoms with Gasteiger partial charge < -0.3 is 4.98 Å². The van der Waals surface area contributed by atoms with E-state index in [1.807, 2.05) is 54.6 Å². The Balaban J connectivity index is 2.24. The summed E-state index contributed by atoms with van der Waals surface area (Å²) in [5, 5.41) is 3.22. The first-order chi connectivity index (χ1) is 10.3. The molecule has 0 saturated carbocycles. The number of hydrogen-bond acceptors (Lipinski definition) is 2. The Hall–Kier alpha value is -2.94. The molecule has 0 atom stereocenters. The number of rotatable bonds is 1. The van der Waals surface area contributed by atoms with Crippen LogP contribution in [0, 0.1) is 0 Å². The summed E-state index contributed by atoms with van der Waals surface area (Å²) in [6.45, 7) is 0. The molecule has 3 nitrogen and oxygen atoms in total. The van der Waals surface area contributed by atoms with E-state index in [0.717, 1.165) is 32.9 Å². The van der Waals surface area contributed by atoms with Crippen molar-refractivity contribution >= 4 is 21.7 Å². The van der Waals surface area contributed by atoms with E-state index in [0.29, 0.717) is 0 Å². The molecule has 0 aliphatic carbocycles. The number of nitrogens with one attached hydrogen (secondary N) is 1. The van der Waals surface area contributed by atoms with E-state index >= 15 is 0 Å². The van der Waals surface area contributed by atoms with Crippen molar-refractivity contribution in [3.63, 3.8) is 0 Å². The minimum Gasteiger partial charge on any atom is -0.305 e. The second-order valence-corrected chi connectivity index (χ2v) is 4.97. The third-order valence-electron chi connectivity index (χ3n) is 3.67. The molecule has 4 rings (SSSR count). The van der Waals surface area contributed by atoms with Crippen molar-refractivity contribution in [2.75, 3.05) is 0 Å². The number of benzene rings is 3. The van der Waals surface area contributed by atoms with Gasteiger partial charge in [-0.15, -0.1) is 0 Å². The molecule has 100 valence electrons. The monoisotopic (exact) mass is 272 g/mol. The van der Waals surface area contributed by atoms with Crippen LogP contribution in [0.3, 0.4) is 0 Å². The van der Waals surface area contributed by atoms with Crippen molar-refractivity contribution < 1.29 is 0 Å². The standard InChI is InChI=1S/C18H12N2O/c21-18-19-15-11-10-12-6-4-5-9-14(12)16(15)17(20-18)13-7-2-1-3-8-13/h1-11H,(H,19,20,21). The van der Waals surface area contributed by atoms with Crippen LogP contribution in [0.1, 0.15) is 0 Å². The highest BCUT2D eigenvalue weighted by Crippen LogP contribution is 2.30. The highest BCUT2D eigenvalue weighted by atomic mass is 16.1. The third kappa shape index (κ3) is 1.91. The molecule has 1 N–H and O–H groups in total. The smallest absolute Gasteiger partial charge is 0.305 e. The summed E-state index contributed by atoms with van der Waals surface area (Å²) in [4.78, 5) is 18.9. The number of fused-ring (bicyclic) bond motifs is 3. The largest absolute Gasteiger partial charge is 0.345 e. The van der Waals surface area contributed by atoms with Crippen molar-refractivity contribution in [3.05, 3.63) is 77.2 Å². The molecule has 0 amide bonds. The molecule has 3 aromatic carbocycles. The Bertz CT molecular complexity index is 1000. The van der Waals surface area contributed by atoms with Crippen LogP contribution in [0.25, 0.3) is 32.9 Å². The van der Waals surface area contributed by atoms with Gasteiger partial charge in [0.25, 0.3) is 0 Å². The number of hydrogen-bond donors (Lipinski definition) is 1. The van der Waals surface area contributed by atoms with Crippen LogP contribution in [-0.2, 0) is 0 Å². The first-order valence-electron chi connectivity index (χ1n) is 6.80. The molecular weight excluding hydrogens is 260 g/mol. The zero-order valence-corrected chi connectivity index (χ0v) is 11.2. The van der Waals surface area contributed by atoms with Gasteiger partial charge in [-0.05, 0) is 16.8 Å². The quantitative estimate of drug-likeness (QED) is 0.536. The molecule has 4 aromatic rings. The van der Waals surface area contributed by atoms with E-state index in [9.17, 15) is 4.79 Å². The fourth-order valence-corrected chi connectivity index (χ4v) is 2.74. The second-order valence-electron chi connectivity index (χ2n) is 4.97. The molecule has 0 aliphatic rings. The van der Waals surface area contributed by atoms with Gasteiger partial charge in [-0.1, -0.05) is 60.7 Å². The molecule has 0 radical (unpaired) electrons. The van der Waals surface area contributed by atoms with E-state index in [4.69, 9.17) is 0 Å². The molecule has 0 unspecified atom stereocenters. The zero-order chi connectivity index (χ0) is 14.2. The first kappa shape index (κ1) is 11.9. The van der Waals surface area contributed by atoms with Crippen molar-refractivity contribution in [1.82, 2.24) is 9.97 Å². The highest BCUT2D eigenvalue weighted by Gasteiger charge is 2.10. The molecule has 0 spiro atoms. The van der Waals surface area contributed by atoms with E-state index in [1.54, 1.807) is 0 Å². The summed E-state index contributed by atoms with van der Waals surface area (Å²) >= 11 is 0. The average molecular weight is 272 g/mol. The Labute approximate surface area is 120 Å². The Morgan fingerprint density at radius 1 is 0.810 bits per heavy atom. The Morgan fingerprint density at radius 3 is 2.43 bits per heavy atom. The van der Waals surface area contributed by atoms with Crippen molar-refractivity contribution in [3.8, 4) is 11.3 Å². The van der Waals surface area contributed by atoms with Gasteiger partial charge in [0.15, 0.2) is 0 Å². The normalized spacial score (nSPS) is 11.0. The number of aromatic amines is 1. The lowest BCUT2D eigenvalue weighted by atomic mass is 10.0. The lowest BCUT2D eigenvalue weighted by Crippen LogP contribution is -2.11. The van der Waals surface area contributed by atoms with Gasteiger partial charge in [-0.3, -0.25) is 0 Å². The number of nitrogens with zero attached hydrogens (tertiary/aromatic N) is 1. The van der Waals surface area contributed by atoms with Gasteiger partial charge in [0, 0.05) is 10.9 Å². The van der Waals surface area contributed by atoms with E-state index in [2.05, 4.69) is 22.1 Å². The maximum absolute atomic E-state index is 11.8. The summed E-state index contributed by atoms with van der Waals surface area (Å²) in [7, 11) is 0. The molecular formula is C18H12N2O. The van der Waals surface area contributed by atoms with Gasteiger partial charge >= 0.3 is 5.69 Å². The van der Waals surface area contributed by atoms with Crippen LogP contribution >= 0.6 is 0 Å². The maximum Gasteiger partial charge on any atom is 0.345 e. The van der Waals surface area contributed by atoms with E-state index < -0.39 is 0 Å². The summed E-state index contributed by atoms with van der Waals surface area (Å²) < 4.78 is 0. The average Bonchev–Trinajstić information content (AvgIpc) is 2.54. The molecule has 0 saturated heterocycles. The second kappa shape index (κ2) is 4.56. The van der Waals surface area contributed by atoms with Crippen molar-refractivity contribution in [1.29, 1.82) is 0 Å². The fourth-order valence-electron chi connectivity index (χ4n) is 2.74. The van der Waals surface area contributed by atoms with E-state index in [1.165, 1.54) is 0 Å². The Morgan fingerprint density at radius 2 is 1.57 bits per heavy atom. The number of aromatic nitrogens is 2. The number of H-pyrrole nitrogens is 1. The van der Waals surface area contributed by atoms with Gasteiger partial charge in [0.1, 0.15) is 0 Å². The van der Waals surface area contributed by atoms with Crippen LogP contribution in [0.2, 0.25) is 0 Å². The molecule has 0 aliphatic heterocycles. The van der Waals surface area contributed by atoms with Crippen LogP contribution in [0.5, 0.6) is 0 Å². The summed E-state index contributed by atoms with van der Waals surface area (Å²) in [5.41, 5.74) is 2.17. The maximum atomic E-state index is 11.8. The van der Waals surface area contributed by atoms with Crippen LogP contribution in [0.4, 0.5) is 0 Å². The molecule has 1 aromatic heterocycles. The summed E-state index contributed by atoms with van der Waals surface area (Å²) in [6.07, 6.45) is 0. The fraction of sp³-hybridized carbons (Fsp3) is 0. The predicted octanol–water partition coefficient (Wildman–Crippen LogP) is 3.74. The molecule has 0 bridgehead atoms. The molecule has 21 heavy (non-hydrogen) atoms. The van der Waals surface area contributed by atoms with Crippen molar-refractivity contribution in [2.45, 2.75) is 0 Å². The third-order valence-corrected chi connectivity index (χ3v) is 3.67. The summed E-state index contributed by atoms with van der Waals surface area (Å²) in [6, 6.07) is 21.9. The van der Waals surface area contributed by atoms with Crippen LogP contribution in [-0.4, -0.2) is 9.97 Å².